The molecule has 2 aliphatic rings. The molecule has 1 N–H and O–H groups in total. The average Bonchev–Trinajstić information content (AvgIpc) is 3.04. The maximum atomic E-state index is 13.7. The van der Waals surface area contributed by atoms with Gasteiger partial charge in [-0.15, -0.1) is 0 Å². The molecule has 0 saturated carbocycles. The zero-order chi connectivity index (χ0) is 31.8. The standard InChI is InChI=1S/C33H40N2O9S/c1-41-25-11-13-26(14-12-25)45(39,40)35(17-19-36)18-20-42-31-22-24(28-23-43-29-10-6-5-9-27(29)32(28)37)21-30(44-31)33(38)34-15-7-3-2-4-8-16-34/h5-6,9-14,21,23-24,31,36H,2-4,7-8,15-20,22H2,1H3/t24-,31+/m0/s1. The van der Waals surface area contributed by atoms with Crippen LogP contribution in [-0.4, -0.2) is 81.4 Å². The SMILES string of the molecule is COc1ccc(S(=O)(=O)N(CCO)CCO[C@H]2C[C@@H](c3coc4ccccc4c3=O)C=C(C(=O)N3CCCCCCC3)O2)cc1. The van der Waals surface area contributed by atoms with Crippen molar-refractivity contribution in [3.05, 3.63) is 82.4 Å². The van der Waals surface area contributed by atoms with Gasteiger partial charge in [0, 0.05) is 44.1 Å². The number of sulfonamides is 1. The molecule has 45 heavy (non-hydrogen) atoms. The molecule has 1 saturated heterocycles. The minimum atomic E-state index is -3.95. The molecular formula is C33H40N2O9S. The summed E-state index contributed by atoms with van der Waals surface area (Å²) in [5.41, 5.74) is 0.651. The van der Waals surface area contributed by atoms with Gasteiger partial charge in [0.25, 0.3) is 5.91 Å². The summed E-state index contributed by atoms with van der Waals surface area (Å²) < 4.78 is 50.8. The fourth-order valence-corrected chi connectivity index (χ4v) is 7.14. The lowest BCUT2D eigenvalue weighted by Crippen LogP contribution is -2.40. The van der Waals surface area contributed by atoms with Crippen LogP contribution in [0.4, 0.5) is 0 Å². The highest BCUT2D eigenvalue weighted by Crippen LogP contribution is 2.32. The summed E-state index contributed by atoms with van der Waals surface area (Å²) in [4.78, 5) is 29.0. The molecule has 11 nitrogen and oxygen atoms in total. The number of rotatable bonds is 11. The van der Waals surface area contributed by atoms with Crippen molar-refractivity contribution in [1.82, 2.24) is 9.21 Å². The summed E-state index contributed by atoms with van der Waals surface area (Å²) in [6.45, 7) is 0.566. The molecule has 2 aromatic carbocycles. The number of likely N-dealkylation sites (tertiary alicyclic amines) is 1. The third-order valence-electron chi connectivity index (χ3n) is 8.21. The second-order valence-electron chi connectivity index (χ2n) is 11.2. The van der Waals surface area contributed by atoms with E-state index < -0.39 is 22.2 Å². The molecule has 2 atom stereocenters. The topological polar surface area (TPSA) is 136 Å². The van der Waals surface area contributed by atoms with Gasteiger partial charge in [-0.25, -0.2) is 8.42 Å². The van der Waals surface area contributed by atoms with Crippen LogP contribution in [0.3, 0.4) is 0 Å². The van der Waals surface area contributed by atoms with Crippen molar-refractivity contribution in [2.24, 2.45) is 0 Å². The molecular weight excluding hydrogens is 600 g/mol. The number of aliphatic hydroxyl groups is 1. The van der Waals surface area contributed by atoms with Gasteiger partial charge in [0.05, 0.1) is 36.9 Å². The fraction of sp³-hybridized carbons (Fsp3) is 0.455. The van der Waals surface area contributed by atoms with E-state index in [1.807, 2.05) is 0 Å². The van der Waals surface area contributed by atoms with Crippen LogP contribution in [0.25, 0.3) is 11.0 Å². The van der Waals surface area contributed by atoms with Crippen LogP contribution in [0.1, 0.15) is 50.0 Å². The van der Waals surface area contributed by atoms with Crippen molar-refractivity contribution in [2.45, 2.75) is 55.6 Å². The molecule has 1 amide bonds. The minimum absolute atomic E-state index is 0.0535. The van der Waals surface area contributed by atoms with Gasteiger partial charge < -0.3 is 28.6 Å². The molecule has 0 spiro atoms. The lowest BCUT2D eigenvalue weighted by atomic mass is 9.93. The highest BCUT2D eigenvalue weighted by Gasteiger charge is 2.33. The molecule has 0 unspecified atom stereocenters. The lowest BCUT2D eigenvalue weighted by Gasteiger charge is -2.32. The van der Waals surface area contributed by atoms with Crippen LogP contribution < -0.4 is 10.2 Å². The molecule has 5 rings (SSSR count). The Morgan fingerprint density at radius 3 is 2.44 bits per heavy atom. The first-order valence-corrected chi connectivity index (χ1v) is 16.8. The number of carbonyl (C=O) groups excluding carboxylic acids is 1. The van der Waals surface area contributed by atoms with E-state index in [0.717, 1.165) is 36.4 Å². The van der Waals surface area contributed by atoms with E-state index in [-0.39, 0.29) is 54.7 Å². The van der Waals surface area contributed by atoms with Gasteiger partial charge in [0.2, 0.25) is 16.3 Å². The third kappa shape index (κ3) is 7.75. The van der Waals surface area contributed by atoms with Crippen molar-refractivity contribution in [3.8, 4) is 5.75 Å². The number of allylic oxidation sites excluding steroid dienone is 1. The fourth-order valence-electron chi connectivity index (χ4n) is 5.73. The average molecular weight is 641 g/mol. The Morgan fingerprint density at radius 2 is 1.73 bits per heavy atom. The first-order chi connectivity index (χ1) is 21.8. The van der Waals surface area contributed by atoms with Crippen molar-refractivity contribution < 1.29 is 36.9 Å². The summed E-state index contributed by atoms with van der Waals surface area (Å²) in [5, 5.41) is 10.1. The number of ether oxygens (including phenoxy) is 3. The summed E-state index contributed by atoms with van der Waals surface area (Å²) in [6.07, 6.45) is 7.45. The first kappa shape index (κ1) is 32.7. The summed E-state index contributed by atoms with van der Waals surface area (Å²) in [5.74, 6) is -0.175. The van der Waals surface area contributed by atoms with Crippen molar-refractivity contribution in [1.29, 1.82) is 0 Å². The molecule has 0 bridgehead atoms. The molecule has 0 radical (unpaired) electrons. The number of methoxy groups -OCH3 is 1. The van der Waals surface area contributed by atoms with Gasteiger partial charge in [0.15, 0.2) is 11.2 Å². The zero-order valence-corrected chi connectivity index (χ0v) is 26.2. The Bertz CT molecular complexity index is 1640. The predicted octanol–water partition coefficient (Wildman–Crippen LogP) is 4.01. The molecule has 3 heterocycles. The van der Waals surface area contributed by atoms with E-state index in [1.54, 1.807) is 47.4 Å². The van der Waals surface area contributed by atoms with Crippen LogP contribution in [0.2, 0.25) is 0 Å². The number of hydrogen-bond donors (Lipinski definition) is 1. The Morgan fingerprint density at radius 1 is 1.02 bits per heavy atom. The maximum Gasteiger partial charge on any atom is 0.288 e. The lowest BCUT2D eigenvalue weighted by molar-refractivity contribution is -0.153. The van der Waals surface area contributed by atoms with E-state index >= 15 is 0 Å². The van der Waals surface area contributed by atoms with Gasteiger partial charge in [0.1, 0.15) is 11.3 Å². The molecule has 0 aliphatic carbocycles. The van der Waals surface area contributed by atoms with Crippen molar-refractivity contribution in [2.75, 3.05) is 46.5 Å². The van der Waals surface area contributed by atoms with Gasteiger partial charge >= 0.3 is 0 Å². The minimum Gasteiger partial charge on any atom is -0.497 e. The second-order valence-corrected chi connectivity index (χ2v) is 13.1. The number of hydrogen-bond acceptors (Lipinski definition) is 9. The first-order valence-electron chi connectivity index (χ1n) is 15.4. The quantitative estimate of drug-likeness (QED) is 0.330. The normalized spacial score (nSPS) is 19.4. The van der Waals surface area contributed by atoms with Gasteiger partial charge in [-0.05, 0) is 55.3 Å². The van der Waals surface area contributed by atoms with Crippen LogP contribution in [0, 0.1) is 0 Å². The zero-order valence-electron chi connectivity index (χ0n) is 25.4. The summed E-state index contributed by atoms with van der Waals surface area (Å²) in [6, 6.07) is 13.0. The van der Waals surface area contributed by atoms with E-state index in [0.29, 0.717) is 35.4 Å². The molecule has 1 aromatic heterocycles. The molecule has 1 fully saturated rings. The smallest absolute Gasteiger partial charge is 0.288 e. The Hall–Kier alpha value is -3.71. The van der Waals surface area contributed by atoms with E-state index in [2.05, 4.69) is 0 Å². The number of amides is 1. The second kappa shape index (κ2) is 15.0. The highest BCUT2D eigenvalue weighted by atomic mass is 32.2. The highest BCUT2D eigenvalue weighted by molar-refractivity contribution is 7.89. The number of para-hydroxylation sites is 1. The third-order valence-corrected chi connectivity index (χ3v) is 10.1. The molecule has 3 aromatic rings. The van der Waals surface area contributed by atoms with Crippen LogP contribution >= 0.6 is 0 Å². The Labute approximate surface area is 263 Å². The summed E-state index contributed by atoms with van der Waals surface area (Å²) >= 11 is 0. The van der Waals surface area contributed by atoms with E-state index in [9.17, 15) is 23.1 Å². The van der Waals surface area contributed by atoms with Gasteiger partial charge in [-0.3, -0.25) is 9.59 Å². The monoisotopic (exact) mass is 640 g/mol. The molecule has 12 heteroatoms. The number of aliphatic hydroxyl groups excluding tert-OH is 1. The van der Waals surface area contributed by atoms with Gasteiger partial charge in [-0.2, -0.15) is 4.31 Å². The van der Waals surface area contributed by atoms with Crippen molar-refractivity contribution >= 4 is 26.9 Å². The number of carbonyl (C=O) groups is 1. The van der Waals surface area contributed by atoms with Crippen molar-refractivity contribution in [3.63, 3.8) is 0 Å². The molecule has 242 valence electrons. The van der Waals surface area contributed by atoms with Crippen LogP contribution in [0.15, 0.2) is 80.7 Å². The molecule has 2 aliphatic heterocycles. The van der Waals surface area contributed by atoms with Crippen LogP contribution in [0.5, 0.6) is 5.75 Å². The Kier molecular flexibility index (Phi) is 10.9. The van der Waals surface area contributed by atoms with Gasteiger partial charge in [-0.1, -0.05) is 31.4 Å². The maximum absolute atomic E-state index is 13.7. The number of fused-ring (bicyclic) bond motifs is 1. The van der Waals surface area contributed by atoms with Crippen LogP contribution in [-0.2, 0) is 24.3 Å². The van der Waals surface area contributed by atoms with E-state index in [1.165, 1.54) is 25.5 Å². The van der Waals surface area contributed by atoms with E-state index in [4.69, 9.17) is 18.6 Å². The number of nitrogens with zero attached hydrogens (tertiary/aromatic N) is 2. The summed E-state index contributed by atoms with van der Waals surface area (Å²) in [7, 11) is -2.45. The largest absolute Gasteiger partial charge is 0.497 e. The number of benzene rings is 2. The predicted molar refractivity (Wildman–Crippen MR) is 167 cm³/mol. The Balaban J connectivity index is 1.36.